The lowest BCUT2D eigenvalue weighted by Gasteiger charge is -2.30. The first kappa shape index (κ1) is 27.7. The van der Waals surface area contributed by atoms with Crippen LogP contribution < -0.4 is 15.4 Å². The van der Waals surface area contributed by atoms with E-state index in [9.17, 15) is 14.7 Å². The van der Waals surface area contributed by atoms with Crippen LogP contribution in [0.4, 0.5) is 0 Å². The molecular formula is C26H39N3O4S2. The van der Waals surface area contributed by atoms with E-state index in [2.05, 4.69) is 10.6 Å². The van der Waals surface area contributed by atoms with Crippen LogP contribution in [0.25, 0.3) is 0 Å². The summed E-state index contributed by atoms with van der Waals surface area (Å²) in [5.74, 6) is 1.73. The highest BCUT2D eigenvalue weighted by atomic mass is 32.2. The van der Waals surface area contributed by atoms with Crippen LogP contribution in [0, 0.1) is 5.92 Å². The Bertz CT molecular complexity index is 866. The van der Waals surface area contributed by atoms with Crippen LogP contribution in [0.5, 0.6) is 5.75 Å². The van der Waals surface area contributed by atoms with Gasteiger partial charge in [-0.2, -0.15) is 0 Å². The third kappa shape index (κ3) is 8.08. The summed E-state index contributed by atoms with van der Waals surface area (Å²) in [4.78, 5) is 28.1. The van der Waals surface area contributed by atoms with Crippen LogP contribution in [0.2, 0.25) is 0 Å². The molecule has 1 aliphatic carbocycles. The maximum atomic E-state index is 13.3. The summed E-state index contributed by atoms with van der Waals surface area (Å²) >= 11 is 7.27. The zero-order chi connectivity index (χ0) is 25.4. The minimum Gasteiger partial charge on any atom is -0.497 e. The molecule has 0 unspecified atom stereocenters. The van der Waals surface area contributed by atoms with Gasteiger partial charge in [-0.3, -0.25) is 9.59 Å². The molecule has 194 valence electrons. The maximum Gasteiger partial charge on any atom is 0.255 e. The number of nitrogens with one attached hydrogen (secondary N) is 2. The van der Waals surface area contributed by atoms with Gasteiger partial charge >= 0.3 is 0 Å². The highest BCUT2D eigenvalue weighted by Gasteiger charge is 2.40. The largest absolute Gasteiger partial charge is 0.497 e. The van der Waals surface area contributed by atoms with Gasteiger partial charge < -0.3 is 25.4 Å². The number of methoxy groups -OCH3 is 1. The van der Waals surface area contributed by atoms with Crippen LogP contribution in [-0.4, -0.2) is 63.2 Å². The molecule has 35 heavy (non-hydrogen) atoms. The number of amides is 2. The number of aliphatic hydroxyl groups is 1. The number of thiocarbonyl (C=S) groups is 1. The van der Waals surface area contributed by atoms with Gasteiger partial charge in [0.1, 0.15) is 17.4 Å². The van der Waals surface area contributed by atoms with E-state index in [1.807, 2.05) is 24.3 Å². The summed E-state index contributed by atoms with van der Waals surface area (Å²) in [6.07, 6.45) is 8.11. The quantitative estimate of drug-likeness (QED) is 0.405. The average molecular weight is 522 g/mol. The van der Waals surface area contributed by atoms with Crippen molar-refractivity contribution in [1.29, 1.82) is 0 Å². The van der Waals surface area contributed by atoms with Crippen molar-refractivity contribution >= 4 is 40.8 Å². The second-order valence-corrected chi connectivity index (χ2v) is 11.5. The van der Waals surface area contributed by atoms with Gasteiger partial charge in [0.2, 0.25) is 5.91 Å². The minimum absolute atomic E-state index is 0.213. The van der Waals surface area contributed by atoms with E-state index in [-0.39, 0.29) is 11.9 Å². The normalized spacial score (nSPS) is 19.8. The van der Waals surface area contributed by atoms with Crippen molar-refractivity contribution in [3.05, 3.63) is 29.8 Å². The Morgan fingerprint density at radius 1 is 1.23 bits per heavy atom. The lowest BCUT2D eigenvalue weighted by atomic mass is 9.85. The fourth-order valence-corrected chi connectivity index (χ4v) is 6.08. The van der Waals surface area contributed by atoms with Gasteiger partial charge in [-0.25, -0.2) is 0 Å². The molecule has 1 heterocycles. The van der Waals surface area contributed by atoms with Gasteiger partial charge in [-0.05, 0) is 50.3 Å². The van der Waals surface area contributed by atoms with Crippen LogP contribution in [0.3, 0.4) is 0 Å². The Hall–Kier alpha value is -1.84. The first-order chi connectivity index (χ1) is 16.7. The number of nitrogens with zero attached hydrogens (tertiary/aromatic N) is 1. The Morgan fingerprint density at radius 3 is 2.54 bits per heavy atom. The third-order valence-corrected chi connectivity index (χ3v) is 8.26. The highest BCUT2D eigenvalue weighted by Crippen LogP contribution is 2.28. The molecule has 0 radical (unpaired) electrons. The molecule has 3 rings (SSSR count). The SMILES string of the molecule is COc1ccc(CNC(=S)[C@@H](CCC2CCCCC2)NC(=O)[C@@H]2CSCN2C(=O)C(C)(C)O)cc1. The second kappa shape index (κ2) is 12.9. The molecule has 1 saturated heterocycles. The van der Waals surface area contributed by atoms with E-state index in [0.29, 0.717) is 29.1 Å². The maximum absolute atomic E-state index is 13.3. The van der Waals surface area contributed by atoms with Crippen molar-refractivity contribution in [1.82, 2.24) is 15.5 Å². The minimum atomic E-state index is -1.51. The van der Waals surface area contributed by atoms with E-state index in [1.165, 1.54) is 62.6 Å². The number of rotatable bonds is 10. The smallest absolute Gasteiger partial charge is 0.255 e. The number of hydrogen-bond acceptors (Lipinski definition) is 6. The van der Waals surface area contributed by atoms with E-state index in [4.69, 9.17) is 17.0 Å². The van der Waals surface area contributed by atoms with Crippen LogP contribution in [-0.2, 0) is 16.1 Å². The first-order valence-electron chi connectivity index (χ1n) is 12.5. The Balaban J connectivity index is 1.64. The topological polar surface area (TPSA) is 90.9 Å². The van der Waals surface area contributed by atoms with E-state index >= 15 is 0 Å². The van der Waals surface area contributed by atoms with Gasteiger partial charge in [0.05, 0.1) is 24.0 Å². The highest BCUT2D eigenvalue weighted by molar-refractivity contribution is 7.99. The molecule has 1 saturated carbocycles. The summed E-state index contributed by atoms with van der Waals surface area (Å²) < 4.78 is 5.22. The van der Waals surface area contributed by atoms with Crippen LogP contribution in [0.1, 0.15) is 64.4 Å². The van der Waals surface area contributed by atoms with Crippen LogP contribution >= 0.6 is 24.0 Å². The van der Waals surface area contributed by atoms with Gasteiger partial charge in [-0.1, -0.05) is 56.5 Å². The van der Waals surface area contributed by atoms with Gasteiger partial charge in [0.15, 0.2) is 0 Å². The average Bonchev–Trinajstić information content (AvgIpc) is 3.34. The fourth-order valence-electron chi connectivity index (χ4n) is 4.68. The van der Waals surface area contributed by atoms with Crippen molar-refractivity contribution in [3.8, 4) is 5.75 Å². The molecule has 2 fully saturated rings. The molecule has 0 bridgehead atoms. The first-order valence-corrected chi connectivity index (χ1v) is 14.1. The standard InChI is InChI=1S/C26H39N3O4S2/c1-26(2,32)25(31)29-17-35-16-22(29)23(30)28-21(14-11-18-7-5-4-6-8-18)24(34)27-15-19-9-12-20(33-3)13-10-19/h9-10,12-13,18,21-22,32H,4-8,11,14-17H2,1-3H3,(H,27,34)(H,28,30)/t21-,22+/m1/s1. The molecule has 2 aliphatic rings. The number of carbonyl (C=O) groups excluding carboxylic acids is 2. The van der Waals surface area contributed by atoms with E-state index < -0.39 is 17.6 Å². The van der Waals surface area contributed by atoms with Crippen molar-refractivity contribution in [3.63, 3.8) is 0 Å². The molecular weight excluding hydrogens is 482 g/mol. The number of thioether (sulfide) groups is 1. The predicted octanol–water partition coefficient (Wildman–Crippen LogP) is 3.63. The zero-order valence-electron chi connectivity index (χ0n) is 21.0. The zero-order valence-corrected chi connectivity index (χ0v) is 22.7. The summed E-state index contributed by atoms with van der Waals surface area (Å²) in [7, 11) is 1.64. The molecule has 7 nitrogen and oxygen atoms in total. The van der Waals surface area contributed by atoms with Crippen molar-refractivity contribution in [2.45, 2.75) is 83.0 Å². The Morgan fingerprint density at radius 2 is 1.91 bits per heavy atom. The molecule has 3 N–H and O–H groups in total. The molecule has 9 heteroatoms. The molecule has 1 aromatic carbocycles. The molecule has 2 amide bonds. The summed E-state index contributed by atoms with van der Waals surface area (Å²) in [5.41, 5.74) is -0.446. The predicted molar refractivity (Wildman–Crippen MR) is 144 cm³/mol. The summed E-state index contributed by atoms with van der Waals surface area (Å²) in [6.45, 7) is 3.47. The Kier molecular flexibility index (Phi) is 10.2. The van der Waals surface area contributed by atoms with E-state index in [1.54, 1.807) is 7.11 Å². The number of benzene rings is 1. The molecule has 1 aliphatic heterocycles. The summed E-state index contributed by atoms with van der Waals surface area (Å²) in [5, 5.41) is 16.7. The van der Waals surface area contributed by atoms with Crippen molar-refractivity contribution in [2.24, 2.45) is 5.92 Å². The van der Waals surface area contributed by atoms with Crippen molar-refractivity contribution in [2.75, 3.05) is 18.7 Å². The van der Waals surface area contributed by atoms with Crippen molar-refractivity contribution < 1.29 is 19.4 Å². The van der Waals surface area contributed by atoms with Crippen LogP contribution in [0.15, 0.2) is 24.3 Å². The third-order valence-electron chi connectivity index (χ3n) is 6.82. The fraction of sp³-hybridized carbons (Fsp3) is 0.654. The number of carbonyl (C=O) groups is 2. The lowest BCUT2D eigenvalue weighted by Crippen LogP contribution is -2.56. The molecule has 2 atom stereocenters. The molecule has 0 spiro atoms. The van der Waals surface area contributed by atoms with Gasteiger partial charge in [0, 0.05) is 12.3 Å². The van der Waals surface area contributed by atoms with Gasteiger partial charge in [-0.15, -0.1) is 11.8 Å². The molecule has 1 aromatic rings. The molecule has 0 aromatic heterocycles. The lowest BCUT2D eigenvalue weighted by molar-refractivity contribution is -0.151. The monoisotopic (exact) mass is 521 g/mol. The van der Waals surface area contributed by atoms with E-state index in [0.717, 1.165) is 24.2 Å². The Labute approximate surface area is 218 Å². The second-order valence-electron chi connectivity index (χ2n) is 10.1. The number of ether oxygens (including phenoxy) is 1. The summed E-state index contributed by atoms with van der Waals surface area (Å²) in [6, 6.07) is 6.88. The van der Waals surface area contributed by atoms with Gasteiger partial charge in [0.25, 0.3) is 5.91 Å². The number of hydrogen-bond donors (Lipinski definition) is 3.